The standard InChI is InChI=1S/C23H27N3O7/c27-17-4-1-15(2-5-17)11-18(21(28)22(29)24-31)23(30)26-9-7-25(8-10-26)13-16-3-6-19-20(12-16)33-14-32-19/h1-6,12,18,21,27-28,31H,7-11,13-14H2,(H,24,29)/t18-,21+/m1/s1. The molecule has 0 aromatic heterocycles. The number of ether oxygens (including phenoxy) is 2. The van der Waals surface area contributed by atoms with Gasteiger partial charge in [0.15, 0.2) is 11.5 Å². The highest BCUT2D eigenvalue weighted by Gasteiger charge is 2.36. The molecule has 1 fully saturated rings. The van der Waals surface area contributed by atoms with E-state index in [0.29, 0.717) is 38.3 Å². The number of amides is 2. The number of aliphatic hydroxyl groups is 1. The third kappa shape index (κ3) is 5.36. The fraction of sp³-hybridized carbons (Fsp3) is 0.391. The first-order chi connectivity index (χ1) is 15.9. The molecule has 4 N–H and O–H groups in total. The molecule has 1 saturated heterocycles. The molecule has 0 spiro atoms. The minimum Gasteiger partial charge on any atom is -0.508 e. The van der Waals surface area contributed by atoms with Gasteiger partial charge in [0.2, 0.25) is 12.7 Å². The third-order valence-electron chi connectivity index (χ3n) is 6.00. The first kappa shape index (κ1) is 22.8. The molecule has 2 aromatic rings. The number of rotatable bonds is 7. The van der Waals surface area contributed by atoms with Crippen LogP contribution < -0.4 is 15.0 Å². The number of aromatic hydroxyl groups is 1. The van der Waals surface area contributed by atoms with Crippen molar-refractivity contribution in [3.8, 4) is 17.2 Å². The molecular weight excluding hydrogens is 430 g/mol. The van der Waals surface area contributed by atoms with Gasteiger partial charge in [-0.15, -0.1) is 0 Å². The van der Waals surface area contributed by atoms with Crippen LogP contribution in [-0.4, -0.2) is 76.1 Å². The van der Waals surface area contributed by atoms with Gasteiger partial charge in [-0.3, -0.25) is 19.7 Å². The summed E-state index contributed by atoms with van der Waals surface area (Å²) >= 11 is 0. The smallest absolute Gasteiger partial charge is 0.272 e. The molecule has 2 aromatic carbocycles. The van der Waals surface area contributed by atoms with Crippen LogP contribution in [0.1, 0.15) is 11.1 Å². The van der Waals surface area contributed by atoms with E-state index in [1.165, 1.54) is 17.6 Å². The van der Waals surface area contributed by atoms with Crippen molar-refractivity contribution in [2.45, 2.75) is 19.1 Å². The lowest BCUT2D eigenvalue weighted by atomic mass is 9.91. The maximum atomic E-state index is 13.2. The van der Waals surface area contributed by atoms with Crippen LogP contribution in [0, 0.1) is 5.92 Å². The van der Waals surface area contributed by atoms with Crippen LogP contribution in [0.5, 0.6) is 17.2 Å². The molecule has 4 rings (SSSR count). The van der Waals surface area contributed by atoms with E-state index >= 15 is 0 Å². The Morgan fingerprint density at radius 3 is 2.33 bits per heavy atom. The number of carbonyl (C=O) groups is 2. The summed E-state index contributed by atoms with van der Waals surface area (Å²) in [5, 5.41) is 28.8. The molecule has 10 heteroatoms. The molecule has 0 aliphatic carbocycles. The van der Waals surface area contributed by atoms with Crippen molar-refractivity contribution in [1.82, 2.24) is 15.3 Å². The number of nitrogens with one attached hydrogen (secondary N) is 1. The number of hydroxylamine groups is 1. The monoisotopic (exact) mass is 457 g/mol. The van der Waals surface area contributed by atoms with Crippen LogP contribution in [0.15, 0.2) is 42.5 Å². The number of piperazine rings is 1. The molecule has 2 atom stereocenters. The summed E-state index contributed by atoms with van der Waals surface area (Å²) in [6.07, 6.45) is -1.62. The summed E-state index contributed by atoms with van der Waals surface area (Å²) in [5.74, 6) is -0.916. The summed E-state index contributed by atoms with van der Waals surface area (Å²) in [6, 6.07) is 12.0. The number of benzene rings is 2. The second kappa shape index (κ2) is 10.1. The van der Waals surface area contributed by atoms with Gasteiger partial charge in [0.05, 0.1) is 5.92 Å². The lowest BCUT2D eigenvalue weighted by Crippen LogP contribution is -2.53. The lowest BCUT2D eigenvalue weighted by Gasteiger charge is -2.37. The Morgan fingerprint density at radius 1 is 0.970 bits per heavy atom. The Kier molecular flexibility index (Phi) is 6.97. The van der Waals surface area contributed by atoms with Crippen molar-refractivity contribution in [1.29, 1.82) is 0 Å². The van der Waals surface area contributed by atoms with E-state index in [4.69, 9.17) is 14.7 Å². The van der Waals surface area contributed by atoms with Crippen molar-refractivity contribution < 1.29 is 34.5 Å². The molecule has 2 aliphatic rings. The van der Waals surface area contributed by atoms with Crippen molar-refractivity contribution in [2.75, 3.05) is 33.0 Å². The molecule has 2 amide bonds. The van der Waals surface area contributed by atoms with Crippen molar-refractivity contribution in [3.05, 3.63) is 53.6 Å². The molecule has 0 saturated carbocycles. The van der Waals surface area contributed by atoms with E-state index in [-0.39, 0.29) is 24.9 Å². The highest BCUT2D eigenvalue weighted by atomic mass is 16.7. The van der Waals surface area contributed by atoms with Gasteiger partial charge in [0.25, 0.3) is 5.91 Å². The molecule has 2 aliphatic heterocycles. The van der Waals surface area contributed by atoms with E-state index in [9.17, 15) is 19.8 Å². The third-order valence-corrected chi connectivity index (χ3v) is 6.00. The molecule has 176 valence electrons. The SMILES string of the molecule is O=C(NO)[C@@H](O)[C@@H](Cc1ccc(O)cc1)C(=O)N1CCN(Cc2ccc3c(c2)OCO3)CC1. The van der Waals surface area contributed by atoms with E-state index in [0.717, 1.165) is 17.1 Å². The average molecular weight is 457 g/mol. The Bertz CT molecular complexity index is 990. The normalized spacial score (nSPS) is 17.5. The maximum absolute atomic E-state index is 13.2. The molecule has 10 nitrogen and oxygen atoms in total. The summed E-state index contributed by atoms with van der Waals surface area (Å²) in [5.41, 5.74) is 3.18. The summed E-state index contributed by atoms with van der Waals surface area (Å²) in [7, 11) is 0. The first-order valence-corrected chi connectivity index (χ1v) is 10.7. The molecule has 2 heterocycles. The van der Waals surface area contributed by atoms with Gasteiger partial charge in [-0.1, -0.05) is 18.2 Å². The van der Waals surface area contributed by atoms with Crippen LogP contribution in [0.25, 0.3) is 0 Å². The largest absolute Gasteiger partial charge is 0.508 e. The number of fused-ring (bicyclic) bond motifs is 1. The van der Waals surface area contributed by atoms with E-state index in [1.807, 2.05) is 18.2 Å². The predicted molar refractivity (Wildman–Crippen MR) is 116 cm³/mol. The molecule has 33 heavy (non-hydrogen) atoms. The molecule has 0 unspecified atom stereocenters. The molecule has 0 bridgehead atoms. The zero-order valence-electron chi connectivity index (χ0n) is 18.0. The number of phenolic OH excluding ortho intramolecular Hbond substituents is 1. The predicted octanol–water partition coefficient (Wildman–Crippen LogP) is 0.490. The Hall–Kier alpha value is -3.34. The molecular formula is C23H27N3O7. The summed E-state index contributed by atoms with van der Waals surface area (Å²) in [6.45, 7) is 3.09. The highest BCUT2D eigenvalue weighted by Crippen LogP contribution is 2.33. The van der Waals surface area contributed by atoms with Crippen LogP contribution in [0.4, 0.5) is 0 Å². The van der Waals surface area contributed by atoms with E-state index in [2.05, 4.69) is 4.90 Å². The number of carbonyl (C=O) groups excluding carboxylic acids is 2. The topological polar surface area (TPSA) is 132 Å². The van der Waals surface area contributed by atoms with E-state index < -0.39 is 17.9 Å². The quantitative estimate of drug-likeness (QED) is 0.349. The van der Waals surface area contributed by atoms with Crippen LogP contribution in [0.2, 0.25) is 0 Å². The fourth-order valence-corrected chi connectivity index (χ4v) is 4.13. The zero-order valence-corrected chi connectivity index (χ0v) is 18.0. The van der Waals surface area contributed by atoms with Gasteiger partial charge in [-0.2, -0.15) is 0 Å². The van der Waals surface area contributed by atoms with Crippen molar-refractivity contribution in [3.63, 3.8) is 0 Å². The second-order valence-corrected chi connectivity index (χ2v) is 8.19. The van der Waals surface area contributed by atoms with Crippen LogP contribution >= 0.6 is 0 Å². The minimum atomic E-state index is -1.71. The Labute approximate surface area is 190 Å². The van der Waals surface area contributed by atoms with Crippen molar-refractivity contribution >= 4 is 11.8 Å². The zero-order chi connectivity index (χ0) is 23.4. The van der Waals surface area contributed by atoms with Gasteiger partial charge in [-0.25, -0.2) is 5.48 Å². The minimum absolute atomic E-state index is 0.0776. The first-order valence-electron chi connectivity index (χ1n) is 10.7. The van der Waals surface area contributed by atoms with Gasteiger partial charge < -0.3 is 24.6 Å². The lowest BCUT2D eigenvalue weighted by molar-refractivity contribution is -0.151. The van der Waals surface area contributed by atoms with Gasteiger partial charge in [0.1, 0.15) is 11.9 Å². The van der Waals surface area contributed by atoms with Gasteiger partial charge in [0, 0.05) is 32.7 Å². The second-order valence-electron chi connectivity index (χ2n) is 8.19. The van der Waals surface area contributed by atoms with Gasteiger partial charge in [-0.05, 0) is 41.8 Å². The Balaban J connectivity index is 1.38. The fourth-order valence-electron chi connectivity index (χ4n) is 4.13. The maximum Gasteiger partial charge on any atom is 0.272 e. The van der Waals surface area contributed by atoms with Gasteiger partial charge >= 0.3 is 0 Å². The Morgan fingerprint density at radius 2 is 1.64 bits per heavy atom. The number of hydrogen-bond acceptors (Lipinski definition) is 8. The number of nitrogens with zero attached hydrogens (tertiary/aromatic N) is 2. The number of aliphatic hydroxyl groups excluding tert-OH is 1. The summed E-state index contributed by atoms with van der Waals surface area (Å²) in [4.78, 5) is 29.0. The summed E-state index contributed by atoms with van der Waals surface area (Å²) < 4.78 is 10.8. The average Bonchev–Trinajstić information content (AvgIpc) is 3.31. The van der Waals surface area contributed by atoms with Crippen LogP contribution in [0.3, 0.4) is 0 Å². The van der Waals surface area contributed by atoms with Crippen LogP contribution in [-0.2, 0) is 22.6 Å². The van der Waals surface area contributed by atoms with E-state index in [1.54, 1.807) is 17.0 Å². The number of hydrogen-bond donors (Lipinski definition) is 4. The molecule has 0 radical (unpaired) electrons. The van der Waals surface area contributed by atoms with Crippen molar-refractivity contribution in [2.24, 2.45) is 5.92 Å². The highest BCUT2D eigenvalue weighted by molar-refractivity contribution is 5.89. The number of phenols is 1.